The van der Waals surface area contributed by atoms with Gasteiger partial charge in [-0.2, -0.15) is 8.78 Å². The van der Waals surface area contributed by atoms with Crippen molar-refractivity contribution in [2.75, 3.05) is 25.1 Å². The first-order valence-corrected chi connectivity index (χ1v) is 6.52. The van der Waals surface area contributed by atoms with Crippen LogP contribution in [-0.4, -0.2) is 43.1 Å². The summed E-state index contributed by atoms with van der Waals surface area (Å²) in [5.74, 6) is -4.93. The highest BCUT2D eigenvalue weighted by atomic mass is 19.3. The lowest BCUT2D eigenvalue weighted by Crippen LogP contribution is -2.33. The molecule has 1 aliphatic heterocycles. The van der Waals surface area contributed by atoms with Crippen molar-refractivity contribution in [3.05, 3.63) is 18.3 Å². The third-order valence-electron chi connectivity index (χ3n) is 3.04. The molecule has 0 aromatic carbocycles. The molecule has 1 aliphatic rings. The van der Waals surface area contributed by atoms with Crippen LogP contribution in [0, 0.1) is 5.92 Å². The number of hydrogen-bond acceptors (Lipinski definition) is 4. The molecule has 9 heteroatoms. The molecule has 1 aromatic heterocycles. The lowest BCUT2D eigenvalue weighted by atomic mass is 10.1. The number of rotatable bonds is 6. The van der Waals surface area contributed by atoms with Crippen LogP contribution in [0.15, 0.2) is 18.3 Å². The Morgan fingerprint density at radius 1 is 1.50 bits per heavy atom. The van der Waals surface area contributed by atoms with E-state index in [4.69, 9.17) is 4.74 Å². The number of pyridine rings is 1. The minimum Gasteiger partial charge on any atom is -0.471 e. The van der Waals surface area contributed by atoms with Gasteiger partial charge in [-0.15, -0.1) is 0 Å². The highest BCUT2D eigenvalue weighted by Crippen LogP contribution is 2.24. The van der Waals surface area contributed by atoms with Gasteiger partial charge in [0.05, 0.1) is 24.4 Å². The fourth-order valence-corrected chi connectivity index (χ4v) is 1.76. The average molecular weight is 322 g/mol. The topological polar surface area (TPSA) is 60.5 Å². The van der Waals surface area contributed by atoms with Crippen LogP contribution >= 0.6 is 0 Å². The Kier molecular flexibility index (Phi) is 5.17. The van der Waals surface area contributed by atoms with Gasteiger partial charge in [0, 0.05) is 12.7 Å². The largest absolute Gasteiger partial charge is 0.471 e. The summed E-state index contributed by atoms with van der Waals surface area (Å²) in [5.41, 5.74) is 0.352. The number of anilines is 1. The van der Waals surface area contributed by atoms with Gasteiger partial charge >= 0.3 is 12.3 Å². The summed E-state index contributed by atoms with van der Waals surface area (Å²) in [6.45, 7) is -0.590. The first-order chi connectivity index (χ1) is 10.4. The predicted molar refractivity (Wildman–Crippen MR) is 68.2 cm³/mol. The molecule has 22 heavy (non-hydrogen) atoms. The van der Waals surface area contributed by atoms with Crippen LogP contribution in [0.4, 0.5) is 23.2 Å². The van der Waals surface area contributed by atoms with Gasteiger partial charge in [0.15, 0.2) is 6.61 Å². The van der Waals surface area contributed by atoms with E-state index in [0.29, 0.717) is 25.3 Å². The third-order valence-corrected chi connectivity index (χ3v) is 3.04. The van der Waals surface area contributed by atoms with Crippen LogP contribution in [0.5, 0.6) is 5.88 Å². The second-order valence-corrected chi connectivity index (χ2v) is 4.79. The Morgan fingerprint density at radius 2 is 2.27 bits per heavy atom. The molecule has 1 saturated heterocycles. The molecule has 1 aromatic rings. The Hall–Kier alpha value is -1.90. The van der Waals surface area contributed by atoms with E-state index in [1.807, 2.05) is 0 Å². The van der Waals surface area contributed by atoms with Crippen LogP contribution in [0.2, 0.25) is 0 Å². The van der Waals surface area contributed by atoms with E-state index in [9.17, 15) is 22.4 Å². The summed E-state index contributed by atoms with van der Waals surface area (Å²) in [6, 6.07) is 2.60. The summed E-state index contributed by atoms with van der Waals surface area (Å²) >= 11 is 0. The lowest BCUT2D eigenvalue weighted by molar-refractivity contribution is -0.148. The first kappa shape index (κ1) is 16.5. The van der Waals surface area contributed by atoms with Crippen molar-refractivity contribution >= 4 is 11.6 Å². The number of ether oxygens (including phenoxy) is 2. The molecule has 0 radical (unpaired) electrons. The summed E-state index contributed by atoms with van der Waals surface area (Å²) in [7, 11) is 0. The van der Waals surface area contributed by atoms with Gasteiger partial charge in [0.25, 0.3) is 0 Å². The highest BCUT2D eigenvalue weighted by molar-refractivity contribution is 5.92. The smallest absolute Gasteiger partial charge is 0.340 e. The quantitative estimate of drug-likeness (QED) is 0.817. The van der Waals surface area contributed by atoms with E-state index >= 15 is 0 Å². The predicted octanol–water partition coefficient (Wildman–Crippen LogP) is 2.34. The van der Waals surface area contributed by atoms with Crippen molar-refractivity contribution in [2.24, 2.45) is 5.92 Å². The second kappa shape index (κ2) is 6.91. The highest BCUT2D eigenvalue weighted by Gasteiger charge is 2.41. The standard InChI is InChI=1S/C13H14F4N2O3/c14-12(15)13(16,17)7-22-10-2-1-9(5-18-10)19-11(20)8-3-4-21-6-8/h1-2,5,8,12H,3-4,6-7H2,(H,19,20)/t8-/m0/s1. The van der Waals surface area contributed by atoms with Crippen LogP contribution in [0.25, 0.3) is 0 Å². The van der Waals surface area contributed by atoms with Gasteiger partial charge in [-0.1, -0.05) is 0 Å². The number of amides is 1. The number of hydrogen-bond donors (Lipinski definition) is 1. The number of nitrogens with zero attached hydrogens (tertiary/aromatic N) is 1. The van der Waals surface area contributed by atoms with Gasteiger partial charge in [0.1, 0.15) is 0 Å². The van der Waals surface area contributed by atoms with Crippen molar-refractivity contribution in [2.45, 2.75) is 18.8 Å². The number of halogens is 4. The SMILES string of the molecule is O=C(Nc1ccc(OCC(F)(F)C(F)F)nc1)[C@H]1CCOC1. The summed E-state index contributed by atoms with van der Waals surface area (Å²) in [6.07, 6.45) is -1.98. The normalized spacial score (nSPS) is 18.5. The zero-order valence-corrected chi connectivity index (χ0v) is 11.4. The molecule has 2 rings (SSSR count). The molecule has 1 N–H and O–H groups in total. The van der Waals surface area contributed by atoms with Crippen molar-refractivity contribution in [1.29, 1.82) is 0 Å². The monoisotopic (exact) mass is 322 g/mol. The zero-order valence-electron chi connectivity index (χ0n) is 11.4. The molecular formula is C13H14F4N2O3. The fourth-order valence-electron chi connectivity index (χ4n) is 1.76. The molecule has 2 heterocycles. The number of alkyl halides is 4. The molecule has 5 nitrogen and oxygen atoms in total. The van der Waals surface area contributed by atoms with E-state index in [1.54, 1.807) is 0 Å². The number of aromatic nitrogens is 1. The van der Waals surface area contributed by atoms with Gasteiger partial charge in [-0.25, -0.2) is 13.8 Å². The van der Waals surface area contributed by atoms with Gasteiger partial charge in [0.2, 0.25) is 11.8 Å². The Bertz CT molecular complexity index is 505. The van der Waals surface area contributed by atoms with Gasteiger partial charge in [-0.05, 0) is 12.5 Å². The van der Waals surface area contributed by atoms with Crippen molar-refractivity contribution in [1.82, 2.24) is 4.98 Å². The minimum atomic E-state index is -4.24. The summed E-state index contributed by atoms with van der Waals surface area (Å²) < 4.78 is 58.9. The van der Waals surface area contributed by atoms with Crippen LogP contribution in [0.1, 0.15) is 6.42 Å². The van der Waals surface area contributed by atoms with Crippen LogP contribution in [0.3, 0.4) is 0 Å². The second-order valence-electron chi connectivity index (χ2n) is 4.79. The average Bonchev–Trinajstić information content (AvgIpc) is 3.01. The maximum atomic E-state index is 12.7. The fraction of sp³-hybridized carbons (Fsp3) is 0.538. The first-order valence-electron chi connectivity index (χ1n) is 6.52. The molecular weight excluding hydrogens is 308 g/mol. The molecule has 0 bridgehead atoms. The van der Waals surface area contributed by atoms with E-state index < -0.39 is 19.0 Å². The molecule has 0 unspecified atom stereocenters. The maximum absolute atomic E-state index is 12.7. The van der Waals surface area contributed by atoms with Crippen LogP contribution in [-0.2, 0) is 9.53 Å². The van der Waals surface area contributed by atoms with E-state index in [1.165, 1.54) is 18.3 Å². The minimum absolute atomic E-state index is 0.225. The van der Waals surface area contributed by atoms with Gasteiger partial charge < -0.3 is 14.8 Å². The molecule has 1 atom stereocenters. The third kappa shape index (κ3) is 4.30. The Morgan fingerprint density at radius 3 is 2.82 bits per heavy atom. The van der Waals surface area contributed by atoms with Crippen LogP contribution < -0.4 is 10.1 Å². The lowest BCUT2D eigenvalue weighted by Gasteiger charge is -2.15. The molecule has 1 fully saturated rings. The molecule has 0 saturated carbocycles. The number of carbonyl (C=O) groups is 1. The number of nitrogens with one attached hydrogen (secondary N) is 1. The number of carbonyl (C=O) groups excluding carboxylic acids is 1. The summed E-state index contributed by atoms with van der Waals surface area (Å²) in [5, 5.41) is 2.60. The maximum Gasteiger partial charge on any atom is 0.340 e. The zero-order chi connectivity index (χ0) is 16.2. The Balaban J connectivity index is 1.86. The molecule has 0 spiro atoms. The van der Waals surface area contributed by atoms with Gasteiger partial charge in [-0.3, -0.25) is 4.79 Å². The van der Waals surface area contributed by atoms with E-state index in [-0.39, 0.29) is 17.7 Å². The summed E-state index contributed by atoms with van der Waals surface area (Å²) in [4.78, 5) is 15.5. The van der Waals surface area contributed by atoms with E-state index in [0.717, 1.165) is 0 Å². The van der Waals surface area contributed by atoms with E-state index in [2.05, 4.69) is 15.0 Å². The van der Waals surface area contributed by atoms with Crippen molar-refractivity contribution < 1.29 is 31.8 Å². The molecule has 122 valence electrons. The molecule has 0 aliphatic carbocycles. The molecule has 1 amide bonds. The van der Waals surface area contributed by atoms with Crippen molar-refractivity contribution in [3.8, 4) is 5.88 Å². The van der Waals surface area contributed by atoms with Crippen molar-refractivity contribution in [3.63, 3.8) is 0 Å². The Labute approximate surface area is 123 Å².